The van der Waals surface area contributed by atoms with Crippen molar-refractivity contribution in [1.82, 2.24) is 10.2 Å². The Morgan fingerprint density at radius 2 is 1.74 bits per heavy atom. The Morgan fingerprint density at radius 1 is 1.05 bits per heavy atom. The molecule has 0 aliphatic carbocycles. The number of methoxy groups -OCH3 is 2. The summed E-state index contributed by atoms with van der Waals surface area (Å²) in [5, 5.41) is 13.7. The summed E-state index contributed by atoms with van der Waals surface area (Å²) in [6, 6.07) is 12.1. The molecule has 2 aromatic rings. The first kappa shape index (κ1) is 28.1. The number of benzene rings is 2. The van der Waals surface area contributed by atoms with Gasteiger partial charge in [0.15, 0.2) is 0 Å². The molecule has 3 atom stereocenters. The molecule has 0 saturated carbocycles. The van der Waals surface area contributed by atoms with Crippen LogP contribution >= 0.6 is 0 Å². The van der Waals surface area contributed by atoms with E-state index in [0.717, 1.165) is 12.7 Å². The highest BCUT2D eigenvalue weighted by atomic mass is 16.6. The van der Waals surface area contributed by atoms with E-state index in [2.05, 4.69) is 5.32 Å². The summed E-state index contributed by atoms with van der Waals surface area (Å²) in [5.74, 6) is -3.07. The van der Waals surface area contributed by atoms with Crippen molar-refractivity contribution in [3.05, 3.63) is 75.8 Å². The summed E-state index contributed by atoms with van der Waals surface area (Å²) in [7, 11) is 2.31. The summed E-state index contributed by atoms with van der Waals surface area (Å²) in [6.45, 7) is 0.333. The minimum Gasteiger partial charge on any atom is -0.469 e. The third kappa shape index (κ3) is 7.05. The first-order valence-electron chi connectivity index (χ1n) is 11.9. The van der Waals surface area contributed by atoms with Crippen LogP contribution in [0.25, 0.3) is 0 Å². The molecule has 12 heteroatoms. The van der Waals surface area contributed by atoms with Gasteiger partial charge in [0.05, 0.1) is 25.6 Å². The van der Waals surface area contributed by atoms with Crippen molar-refractivity contribution >= 4 is 29.6 Å². The number of nitrogens with one attached hydrogen (secondary N) is 1. The molecule has 38 heavy (non-hydrogen) atoms. The molecule has 202 valence electrons. The number of hydrogen-bond acceptors (Lipinski definition) is 9. The molecule has 1 saturated heterocycles. The van der Waals surface area contributed by atoms with E-state index in [1.165, 1.54) is 36.3 Å². The van der Waals surface area contributed by atoms with E-state index in [-0.39, 0.29) is 18.7 Å². The number of hydrogen-bond donors (Lipinski definition) is 1. The molecule has 2 amide bonds. The number of nitro groups is 1. The standard InChI is InChI=1S/C26H29N3O9/c1-36-22(30)15-20(18-10-12-19(13-11-18)29(34)35)23(25(32)37-2)27-24(31)21-9-6-14-28(21)26(33)38-16-17-7-4-3-5-8-17/h3-5,7-8,10-13,20-21,23H,6,9,14-16H2,1-2H3,(H,27,31)/t20-,21-,23-/m1/s1. The van der Waals surface area contributed by atoms with Gasteiger partial charge in [0, 0.05) is 24.6 Å². The normalized spacial score (nSPS) is 16.2. The van der Waals surface area contributed by atoms with Gasteiger partial charge in [-0.3, -0.25) is 24.6 Å². The van der Waals surface area contributed by atoms with Gasteiger partial charge in [0.2, 0.25) is 5.91 Å². The number of non-ortho nitro benzene ring substituents is 1. The number of carbonyl (C=O) groups excluding carboxylic acids is 4. The quantitative estimate of drug-likeness (QED) is 0.212. The fourth-order valence-electron chi connectivity index (χ4n) is 4.29. The van der Waals surface area contributed by atoms with Crippen molar-refractivity contribution in [1.29, 1.82) is 0 Å². The lowest BCUT2D eigenvalue weighted by Crippen LogP contribution is -2.53. The summed E-state index contributed by atoms with van der Waals surface area (Å²) < 4.78 is 15.0. The lowest BCUT2D eigenvalue weighted by Gasteiger charge is -2.29. The molecule has 0 radical (unpaired) electrons. The Balaban J connectivity index is 1.80. The van der Waals surface area contributed by atoms with E-state index in [4.69, 9.17) is 14.2 Å². The molecule has 12 nitrogen and oxygen atoms in total. The Bertz CT molecular complexity index is 1150. The van der Waals surface area contributed by atoms with Gasteiger partial charge in [-0.25, -0.2) is 9.59 Å². The highest BCUT2D eigenvalue weighted by Crippen LogP contribution is 2.28. The molecule has 1 aliphatic rings. The second kappa shape index (κ2) is 13.2. The average molecular weight is 528 g/mol. The van der Waals surface area contributed by atoms with Gasteiger partial charge in [0.25, 0.3) is 5.69 Å². The van der Waals surface area contributed by atoms with E-state index in [1.54, 1.807) is 0 Å². The average Bonchev–Trinajstić information content (AvgIpc) is 3.44. The van der Waals surface area contributed by atoms with Crippen molar-refractivity contribution in [2.75, 3.05) is 20.8 Å². The molecule has 0 bridgehead atoms. The number of likely N-dealkylation sites (tertiary alicyclic amines) is 1. The zero-order valence-corrected chi connectivity index (χ0v) is 21.0. The van der Waals surface area contributed by atoms with Crippen LogP contribution in [0.15, 0.2) is 54.6 Å². The highest BCUT2D eigenvalue weighted by Gasteiger charge is 2.40. The summed E-state index contributed by atoms with van der Waals surface area (Å²) in [6.07, 6.45) is -0.0843. The van der Waals surface area contributed by atoms with Gasteiger partial charge in [0.1, 0.15) is 18.7 Å². The SMILES string of the molecule is COC(=O)C[C@H](c1ccc([N+](=O)[O-])cc1)[C@@H](NC(=O)[C@H]1CCCN1C(=O)OCc1ccccc1)C(=O)OC. The van der Waals surface area contributed by atoms with Gasteiger partial charge in [-0.05, 0) is 24.0 Å². The third-order valence-corrected chi connectivity index (χ3v) is 6.30. The first-order chi connectivity index (χ1) is 18.2. The van der Waals surface area contributed by atoms with Crippen molar-refractivity contribution in [2.45, 2.75) is 43.9 Å². The van der Waals surface area contributed by atoms with Crippen LogP contribution in [-0.2, 0) is 35.2 Å². The lowest BCUT2D eigenvalue weighted by molar-refractivity contribution is -0.384. The van der Waals surface area contributed by atoms with Gasteiger partial charge < -0.3 is 19.5 Å². The fraction of sp³-hybridized carbons (Fsp3) is 0.385. The number of esters is 2. The molecule has 1 N–H and O–H groups in total. The first-order valence-corrected chi connectivity index (χ1v) is 11.9. The maximum Gasteiger partial charge on any atom is 0.410 e. The second-order valence-electron chi connectivity index (χ2n) is 8.64. The summed E-state index contributed by atoms with van der Waals surface area (Å²) >= 11 is 0. The minimum absolute atomic E-state index is 0.0383. The van der Waals surface area contributed by atoms with Crippen LogP contribution < -0.4 is 5.32 Å². The Morgan fingerprint density at radius 3 is 2.34 bits per heavy atom. The molecule has 2 aromatic carbocycles. The zero-order valence-electron chi connectivity index (χ0n) is 21.0. The molecule has 3 rings (SSSR count). The van der Waals surface area contributed by atoms with E-state index >= 15 is 0 Å². The van der Waals surface area contributed by atoms with Crippen molar-refractivity contribution in [3.63, 3.8) is 0 Å². The predicted molar refractivity (Wildman–Crippen MR) is 133 cm³/mol. The Hall–Kier alpha value is -4.48. The minimum atomic E-state index is -1.34. The van der Waals surface area contributed by atoms with Gasteiger partial charge in [-0.15, -0.1) is 0 Å². The molecular formula is C26H29N3O9. The molecule has 0 spiro atoms. The third-order valence-electron chi connectivity index (χ3n) is 6.30. The fourth-order valence-corrected chi connectivity index (χ4v) is 4.29. The van der Waals surface area contributed by atoms with Crippen LogP contribution in [0.3, 0.4) is 0 Å². The van der Waals surface area contributed by atoms with Crippen molar-refractivity contribution in [3.8, 4) is 0 Å². The molecular weight excluding hydrogens is 498 g/mol. The van der Waals surface area contributed by atoms with Crippen LogP contribution in [0.5, 0.6) is 0 Å². The van der Waals surface area contributed by atoms with Crippen molar-refractivity contribution in [2.24, 2.45) is 0 Å². The number of nitro benzene ring substituents is 1. The van der Waals surface area contributed by atoms with Crippen LogP contribution in [0, 0.1) is 10.1 Å². The van der Waals surface area contributed by atoms with E-state index < -0.39 is 46.9 Å². The maximum absolute atomic E-state index is 13.3. The zero-order chi connectivity index (χ0) is 27.7. The second-order valence-corrected chi connectivity index (χ2v) is 8.64. The van der Waals surface area contributed by atoms with E-state index in [0.29, 0.717) is 24.9 Å². The summed E-state index contributed by atoms with van der Waals surface area (Å²) in [5.41, 5.74) is 0.989. The molecule has 1 heterocycles. The smallest absolute Gasteiger partial charge is 0.410 e. The van der Waals surface area contributed by atoms with Crippen LogP contribution in [-0.4, -0.2) is 66.6 Å². The topological polar surface area (TPSA) is 154 Å². The number of rotatable bonds is 10. The lowest BCUT2D eigenvalue weighted by atomic mass is 9.88. The molecule has 1 fully saturated rings. The van der Waals surface area contributed by atoms with Gasteiger partial charge in [-0.1, -0.05) is 42.5 Å². The van der Waals surface area contributed by atoms with Crippen LogP contribution in [0.4, 0.5) is 10.5 Å². The van der Waals surface area contributed by atoms with E-state index in [1.807, 2.05) is 30.3 Å². The number of amides is 2. The van der Waals surface area contributed by atoms with Gasteiger partial charge in [-0.2, -0.15) is 0 Å². The molecule has 1 aliphatic heterocycles. The largest absolute Gasteiger partial charge is 0.469 e. The van der Waals surface area contributed by atoms with Crippen LogP contribution in [0.2, 0.25) is 0 Å². The highest BCUT2D eigenvalue weighted by molar-refractivity contribution is 5.91. The number of nitrogens with zero attached hydrogens (tertiary/aromatic N) is 2. The maximum atomic E-state index is 13.3. The summed E-state index contributed by atoms with van der Waals surface area (Å²) in [4.78, 5) is 62.8. The number of carbonyl (C=O) groups is 4. The Kier molecular flexibility index (Phi) is 9.74. The number of ether oxygens (including phenoxy) is 3. The molecule has 0 unspecified atom stereocenters. The predicted octanol–water partition coefficient (Wildman–Crippen LogP) is 2.70. The van der Waals surface area contributed by atoms with E-state index in [9.17, 15) is 29.3 Å². The monoisotopic (exact) mass is 527 g/mol. The van der Waals surface area contributed by atoms with Crippen molar-refractivity contribution < 1.29 is 38.3 Å². The molecule has 0 aromatic heterocycles. The van der Waals surface area contributed by atoms with Crippen LogP contribution in [0.1, 0.15) is 36.3 Å². The Labute approximate surface area is 219 Å². The van der Waals surface area contributed by atoms with Gasteiger partial charge >= 0.3 is 18.0 Å².